The van der Waals surface area contributed by atoms with Crippen molar-refractivity contribution in [3.63, 3.8) is 0 Å². The van der Waals surface area contributed by atoms with Crippen LogP contribution in [-0.4, -0.2) is 13.1 Å². The van der Waals surface area contributed by atoms with Gasteiger partial charge in [-0.1, -0.05) is 51.3 Å². The molecule has 3 unspecified atom stereocenters. The van der Waals surface area contributed by atoms with Gasteiger partial charge in [0.05, 0.1) is 0 Å². The zero-order chi connectivity index (χ0) is 15.1. The van der Waals surface area contributed by atoms with Gasteiger partial charge in [-0.25, -0.2) is 4.39 Å². The Labute approximate surface area is 129 Å². The first-order chi connectivity index (χ1) is 10.3. The van der Waals surface area contributed by atoms with Crippen molar-refractivity contribution in [2.45, 2.75) is 58.3 Å². The Morgan fingerprint density at radius 1 is 1.14 bits per heavy atom. The highest BCUT2D eigenvalue weighted by Crippen LogP contribution is 2.42. The molecule has 1 N–H and O–H groups in total. The lowest BCUT2D eigenvalue weighted by Crippen LogP contribution is -2.32. The molecule has 0 heterocycles. The van der Waals surface area contributed by atoms with E-state index >= 15 is 0 Å². The minimum absolute atomic E-state index is 0.0138. The first-order valence-corrected chi connectivity index (χ1v) is 8.71. The van der Waals surface area contributed by atoms with Gasteiger partial charge in [0.25, 0.3) is 0 Å². The van der Waals surface area contributed by atoms with Crippen molar-refractivity contribution < 1.29 is 4.39 Å². The van der Waals surface area contributed by atoms with Crippen molar-refractivity contribution >= 4 is 0 Å². The average Bonchev–Trinajstić information content (AvgIpc) is 2.50. The molecule has 3 atom stereocenters. The summed E-state index contributed by atoms with van der Waals surface area (Å²) in [7, 11) is 0. The van der Waals surface area contributed by atoms with E-state index < -0.39 is 0 Å². The van der Waals surface area contributed by atoms with E-state index in [1.165, 1.54) is 25.7 Å². The van der Waals surface area contributed by atoms with Gasteiger partial charge in [-0.3, -0.25) is 0 Å². The van der Waals surface area contributed by atoms with Gasteiger partial charge in [-0.2, -0.15) is 0 Å². The fraction of sp³-hybridized carbons (Fsp3) is 0.684. The summed E-state index contributed by atoms with van der Waals surface area (Å²) in [5, 5.41) is 3.55. The third kappa shape index (κ3) is 4.54. The maximum absolute atomic E-state index is 14.2. The van der Waals surface area contributed by atoms with Crippen molar-refractivity contribution in [2.24, 2.45) is 11.8 Å². The topological polar surface area (TPSA) is 12.0 Å². The molecule has 21 heavy (non-hydrogen) atoms. The van der Waals surface area contributed by atoms with Crippen LogP contribution in [0.5, 0.6) is 0 Å². The Morgan fingerprint density at radius 3 is 2.67 bits per heavy atom. The van der Waals surface area contributed by atoms with E-state index in [2.05, 4.69) is 19.2 Å². The zero-order valence-corrected chi connectivity index (χ0v) is 13.6. The quantitative estimate of drug-likeness (QED) is 0.687. The van der Waals surface area contributed by atoms with Crippen molar-refractivity contribution in [1.29, 1.82) is 0 Å². The lowest BCUT2D eigenvalue weighted by Gasteiger charge is -2.37. The lowest BCUT2D eigenvalue weighted by atomic mass is 9.70. The molecular weight excluding hydrogens is 261 g/mol. The van der Waals surface area contributed by atoms with Crippen molar-refractivity contribution in [1.82, 2.24) is 5.32 Å². The molecule has 2 rings (SSSR count). The second-order valence-corrected chi connectivity index (χ2v) is 6.56. The maximum Gasteiger partial charge on any atom is 0.126 e. The highest BCUT2D eigenvalue weighted by molar-refractivity contribution is 5.23. The molecule has 0 radical (unpaired) electrons. The van der Waals surface area contributed by atoms with E-state index in [4.69, 9.17) is 0 Å². The van der Waals surface area contributed by atoms with E-state index in [0.717, 1.165) is 37.4 Å². The molecule has 1 nitrogen and oxygen atoms in total. The van der Waals surface area contributed by atoms with Crippen LogP contribution in [0.4, 0.5) is 4.39 Å². The van der Waals surface area contributed by atoms with Gasteiger partial charge in [0, 0.05) is 0 Å². The summed E-state index contributed by atoms with van der Waals surface area (Å²) in [6.45, 7) is 6.55. The average molecular weight is 291 g/mol. The molecule has 118 valence electrons. The van der Waals surface area contributed by atoms with E-state index in [9.17, 15) is 4.39 Å². The number of benzene rings is 1. The van der Waals surface area contributed by atoms with Gasteiger partial charge < -0.3 is 5.32 Å². The van der Waals surface area contributed by atoms with Crippen LogP contribution in [0.3, 0.4) is 0 Å². The van der Waals surface area contributed by atoms with Gasteiger partial charge in [0.15, 0.2) is 0 Å². The molecule has 0 spiro atoms. The standard InChI is InChI=1S/C19H30FN/c1-3-7-15-10-11-16(14-21-12-4-2)18(13-15)17-8-5-6-9-19(17)20/h5-6,8-9,15-16,18,21H,3-4,7,10-14H2,1-2H3. The molecule has 0 bridgehead atoms. The van der Waals surface area contributed by atoms with Crippen LogP contribution >= 0.6 is 0 Å². The van der Waals surface area contributed by atoms with Crippen LogP contribution < -0.4 is 5.32 Å². The van der Waals surface area contributed by atoms with E-state index in [1.54, 1.807) is 12.1 Å². The SMILES string of the molecule is CCCNCC1CCC(CCC)CC1c1ccccc1F. The molecular formula is C19H30FN. The smallest absolute Gasteiger partial charge is 0.126 e. The number of hydrogen-bond donors (Lipinski definition) is 1. The molecule has 1 aliphatic carbocycles. The first kappa shape index (κ1) is 16.5. The predicted octanol–water partition coefficient (Wildman–Crippen LogP) is 5.13. The minimum Gasteiger partial charge on any atom is -0.316 e. The Kier molecular flexibility index (Phi) is 6.69. The van der Waals surface area contributed by atoms with E-state index in [0.29, 0.717) is 11.8 Å². The molecule has 1 aromatic rings. The van der Waals surface area contributed by atoms with Crippen LogP contribution in [0.25, 0.3) is 0 Å². The summed E-state index contributed by atoms with van der Waals surface area (Å²) in [4.78, 5) is 0. The largest absolute Gasteiger partial charge is 0.316 e. The minimum atomic E-state index is -0.0138. The van der Waals surface area contributed by atoms with Crippen LogP contribution in [0.1, 0.15) is 63.9 Å². The molecule has 1 aliphatic rings. The summed E-state index contributed by atoms with van der Waals surface area (Å²) in [6.07, 6.45) is 7.41. The highest BCUT2D eigenvalue weighted by Gasteiger charge is 2.32. The first-order valence-electron chi connectivity index (χ1n) is 8.71. The number of nitrogens with one attached hydrogen (secondary N) is 1. The molecule has 1 aromatic carbocycles. The van der Waals surface area contributed by atoms with Crippen LogP contribution in [-0.2, 0) is 0 Å². The van der Waals surface area contributed by atoms with Crippen molar-refractivity contribution in [2.75, 3.05) is 13.1 Å². The number of halogens is 1. The Bertz CT molecular complexity index is 418. The Hall–Kier alpha value is -0.890. The van der Waals surface area contributed by atoms with Crippen LogP contribution in [0.15, 0.2) is 24.3 Å². The van der Waals surface area contributed by atoms with Gasteiger partial charge >= 0.3 is 0 Å². The molecule has 2 heteroatoms. The van der Waals surface area contributed by atoms with Crippen molar-refractivity contribution in [3.8, 4) is 0 Å². The fourth-order valence-electron chi connectivity index (χ4n) is 3.86. The summed E-state index contributed by atoms with van der Waals surface area (Å²) in [5.41, 5.74) is 0.946. The Morgan fingerprint density at radius 2 is 1.95 bits per heavy atom. The fourth-order valence-corrected chi connectivity index (χ4v) is 3.86. The van der Waals surface area contributed by atoms with Crippen molar-refractivity contribution in [3.05, 3.63) is 35.6 Å². The summed E-state index contributed by atoms with van der Waals surface area (Å²) >= 11 is 0. The van der Waals surface area contributed by atoms with Crippen LogP contribution in [0, 0.1) is 17.7 Å². The third-order valence-corrected chi connectivity index (χ3v) is 4.94. The monoisotopic (exact) mass is 291 g/mol. The highest BCUT2D eigenvalue weighted by atomic mass is 19.1. The zero-order valence-electron chi connectivity index (χ0n) is 13.6. The molecule has 0 saturated heterocycles. The molecule has 1 fully saturated rings. The van der Waals surface area contributed by atoms with Gasteiger partial charge in [-0.05, 0) is 61.7 Å². The van der Waals surface area contributed by atoms with Gasteiger partial charge in [0.2, 0.25) is 0 Å². The Balaban J connectivity index is 2.10. The number of rotatable bonds is 7. The predicted molar refractivity (Wildman–Crippen MR) is 88.0 cm³/mol. The second kappa shape index (κ2) is 8.53. The second-order valence-electron chi connectivity index (χ2n) is 6.56. The van der Waals surface area contributed by atoms with E-state index in [-0.39, 0.29) is 5.82 Å². The lowest BCUT2D eigenvalue weighted by molar-refractivity contribution is 0.217. The molecule has 1 saturated carbocycles. The van der Waals surface area contributed by atoms with Crippen LogP contribution in [0.2, 0.25) is 0 Å². The van der Waals surface area contributed by atoms with Gasteiger partial charge in [-0.15, -0.1) is 0 Å². The normalized spacial score (nSPS) is 26.0. The summed E-state index contributed by atoms with van der Waals surface area (Å²) < 4.78 is 14.2. The van der Waals surface area contributed by atoms with E-state index in [1.807, 2.05) is 12.1 Å². The molecule has 0 aliphatic heterocycles. The summed E-state index contributed by atoms with van der Waals surface area (Å²) in [6, 6.07) is 7.41. The molecule has 0 aromatic heterocycles. The van der Waals surface area contributed by atoms with Gasteiger partial charge in [0.1, 0.15) is 5.82 Å². The molecule has 0 amide bonds. The maximum atomic E-state index is 14.2. The third-order valence-electron chi connectivity index (χ3n) is 4.94. The number of hydrogen-bond acceptors (Lipinski definition) is 1. The summed E-state index contributed by atoms with van der Waals surface area (Å²) in [5.74, 6) is 1.74.